The number of hydrogen-bond acceptors (Lipinski definition) is 5. The Kier molecular flexibility index (Phi) is 5.38. The number of carbonyl (C=O) groups excluding carboxylic acids is 1. The third kappa shape index (κ3) is 3.96. The van der Waals surface area contributed by atoms with Crippen molar-refractivity contribution < 1.29 is 9.53 Å². The van der Waals surface area contributed by atoms with Crippen LogP contribution in [0.25, 0.3) is 0 Å². The first-order valence-corrected chi connectivity index (χ1v) is 8.68. The van der Waals surface area contributed by atoms with Gasteiger partial charge in [-0.2, -0.15) is 0 Å². The molecule has 1 fully saturated rings. The van der Waals surface area contributed by atoms with Crippen LogP contribution < -0.4 is 5.32 Å². The first-order valence-electron chi connectivity index (χ1n) is 7.80. The van der Waals surface area contributed by atoms with Gasteiger partial charge >= 0.3 is 0 Å². The maximum Gasteiger partial charge on any atom is 0.263 e. The van der Waals surface area contributed by atoms with E-state index >= 15 is 0 Å². The molecule has 5 nitrogen and oxygen atoms in total. The number of rotatable bonds is 5. The van der Waals surface area contributed by atoms with Crippen molar-refractivity contribution in [2.75, 3.05) is 32.8 Å². The average Bonchev–Trinajstić information content (AvgIpc) is 3.03. The number of morpholine rings is 1. The molecule has 1 aromatic heterocycles. The van der Waals surface area contributed by atoms with Crippen LogP contribution >= 0.6 is 11.3 Å². The second-order valence-electron chi connectivity index (χ2n) is 5.55. The molecule has 3 rings (SSSR count). The molecule has 2 aromatic rings. The van der Waals surface area contributed by atoms with Gasteiger partial charge in [0.2, 0.25) is 0 Å². The highest BCUT2D eigenvalue weighted by Gasteiger charge is 2.23. The molecule has 1 unspecified atom stereocenters. The molecule has 0 aliphatic carbocycles. The average molecular weight is 331 g/mol. The number of carbonyl (C=O) groups is 1. The molecule has 1 N–H and O–H groups in total. The highest BCUT2D eigenvalue weighted by atomic mass is 32.1. The van der Waals surface area contributed by atoms with Crippen LogP contribution in [-0.4, -0.2) is 48.6 Å². The number of aryl methyl sites for hydroxylation is 1. The summed E-state index contributed by atoms with van der Waals surface area (Å²) in [5.74, 6) is -0.0424. The van der Waals surface area contributed by atoms with Crippen molar-refractivity contribution in [3.8, 4) is 0 Å². The minimum atomic E-state index is -0.0424. The molecule has 0 saturated carbocycles. The van der Waals surface area contributed by atoms with E-state index in [9.17, 15) is 4.79 Å². The van der Waals surface area contributed by atoms with Gasteiger partial charge in [-0.25, -0.2) is 4.98 Å². The molecule has 1 saturated heterocycles. The number of aromatic nitrogens is 1. The van der Waals surface area contributed by atoms with Crippen LogP contribution in [0.3, 0.4) is 0 Å². The minimum Gasteiger partial charge on any atom is -0.379 e. The summed E-state index contributed by atoms with van der Waals surface area (Å²) < 4.78 is 5.45. The van der Waals surface area contributed by atoms with Crippen LogP contribution in [0, 0.1) is 6.92 Å². The maximum absolute atomic E-state index is 12.4. The molecular formula is C17H21N3O2S. The molecule has 1 aromatic carbocycles. The zero-order chi connectivity index (χ0) is 16.1. The van der Waals surface area contributed by atoms with E-state index in [2.05, 4.69) is 27.3 Å². The third-order valence-corrected chi connectivity index (χ3v) is 5.01. The summed E-state index contributed by atoms with van der Waals surface area (Å²) >= 11 is 1.38. The Labute approximate surface area is 140 Å². The van der Waals surface area contributed by atoms with E-state index in [0.717, 1.165) is 32.0 Å². The van der Waals surface area contributed by atoms with Gasteiger partial charge in [0.15, 0.2) is 0 Å². The van der Waals surface area contributed by atoms with Gasteiger partial charge in [0, 0.05) is 19.6 Å². The standard InChI is InChI=1S/C17H21N3O2S/c1-13-16(23-12-19-13)17(21)18-11-15(14-5-3-2-4-6-14)20-7-9-22-10-8-20/h2-6,12,15H,7-11H2,1H3,(H,18,21). The Morgan fingerprint density at radius 1 is 1.35 bits per heavy atom. The second-order valence-corrected chi connectivity index (χ2v) is 6.41. The number of nitrogens with one attached hydrogen (secondary N) is 1. The minimum absolute atomic E-state index is 0.0424. The fourth-order valence-corrected chi connectivity index (χ4v) is 3.53. The zero-order valence-corrected chi connectivity index (χ0v) is 14.0. The van der Waals surface area contributed by atoms with Crippen LogP contribution in [0.1, 0.15) is 27.0 Å². The Hall–Kier alpha value is -1.76. The summed E-state index contributed by atoms with van der Waals surface area (Å²) in [6.45, 7) is 5.70. The topological polar surface area (TPSA) is 54.5 Å². The highest BCUT2D eigenvalue weighted by molar-refractivity contribution is 7.11. The molecule has 23 heavy (non-hydrogen) atoms. The molecule has 1 aliphatic rings. The van der Waals surface area contributed by atoms with Crippen molar-refractivity contribution in [3.05, 3.63) is 52.0 Å². The summed E-state index contributed by atoms with van der Waals surface area (Å²) in [7, 11) is 0. The Balaban J connectivity index is 1.71. The van der Waals surface area contributed by atoms with Gasteiger partial charge in [-0.3, -0.25) is 9.69 Å². The van der Waals surface area contributed by atoms with Crippen LogP contribution in [0.5, 0.6) is 0 Å². The van der Waals surface area contributed by atoms with E-state index < -0.39 is 0 Å². The third-order valence-electron chi connectivity index (χ3n) is 4.08. The van der Waals surface area contributed by atoms with E-state index in [4.69, 9.17) is 4.74 Å². The lowest BCUT2D eigenvalue weighted by molar-refractivity contribution is 0.0162. The van der Waals surface area contributed by atoms with Crippen LogP contribution in [-0.2, 0) is 4.74 Å². The smallest absolute Gasteiger partial charge is 0.263 e. The second kappa shape index (κ2) is 7.68. The van der Waals surface area contributed by atoms with E-state index in [1.165, 1.54) is 16.9 Å². The van der Waals surface area contributed by atoms with Gasteiger partial charge in [0.1, 0.15) is 4.88 Å². The van der Waals surface area contributed by atoms with Gasteiger partial charge in [-0.15, -0.1) is 11.3 Å². The number of thiazole rings is 1. The molecule has 1 amide bonds. The van der Waals surface area contributed by atoms with Gasteiger partial charge in [0.05, 0.1) is 30.5 Å². The van der Waals surface area contributed by atoms with Gasteiger partial charge < -0.3 is 10.1 Å². The fraction of sp³-hybridized carbons (Fsp3) is 0.412. The van der Waals surface area contributed by atoms with Crippen molar-refractivity contribution in [1.29, 1.82) is 0 Å². The van der Waals surface area contributed by atoms with Crippen molar-refractivity contribution in [3.63, 3.8) is 0 Å². The summed E-state index contributed by atoms with van der Waals surface area (Å²) in [5.41, 5.74) is 3.71. The number of amides is 1. The first kappa shape index (κ1) is 16.1. The number of nitrogens with zero attached hydrogens (tertiary/aromatic N) is 2. The van der Waals surface area contributed by atoms with Crippen molar-refractivity contribution in [1.82, 2.24) is 15.2 Å². The zero-order valence-electron chi connectivity index (χ0n) is 13.2. The van der Waals surface area contributed by atoms with Crippen molar-refractivity contribution in [2.24, 2.45) is 0 Å². The lowest BCUT2D eigenvalue weighted by Gasteiger charge is -2.34. The van der Waals surface area contributed by atoms with E-state index in [1.807, 2.05) is 25.1 Å². The molecule has 0 radical (unpaired) electrons. The van der Waals surface area contributed by atoms with Gasteiger partial charge in [0.25, 0.3) is 5.91 Å². The van der Waals surface area contributed by atoms with Crippen LogP contribution in [0.15, 0.2) is 35.8 Å². The molecule has 0 bridgehead atoms. The Morgan fingerprint density at radius 3 is 2.74 bits per heavy atom. The maximum atomic E-state index is 12.4. The first-order chi connectivity index (χ1) is 11.3. The lowest BCUT2D eigenvalue weighted by Crippen LogP contribution is -2.43. The monoisotopic (exact) mass is 331 g/mol. The largest absolute Gasteiger partial charge is 0.379 e. The molecule has 2 heterocycles. The Morgan fingerprint density at radius 2 is 2.09 bits per heavy atom. The molecule has 1 atom stereocenters. The summed E-state index contributed by atoms with van der Waals surface area (Å²) in [5, 5.41) is 3.07. The molecular weight excluding hydrogens is 310 g/mol. The highest BCUT2D eigenvalue weighted by Crippen LogP contribution is 2.21. The number of hydrogen-bond donors (Lipinski definition) is 1. The normalized spacial score (nSPS) is 16.9. The summed E-state index contributed by atoms with van der Waals surface area (Å²) in [6.07, 6.45) is 0. The Bertz CT molecular complexity index is 638. The predicted octanol–water partition coefficient (Wildman–Crippen LogP) is 2.25. The molecule has 6 heteroatoms. The van der Waals surface area contributed by atoms with E-state index in [0.29, 0.717) is 11.4 Å². The predicted molar refractivity (Wildman–Crippen MR) is 90.8 cm³/mol. The summed E-state index contributed by atoms with van der Waals surface area (Å²) in [4.78, 5) is 19.6. The van der Waals surface area contributed by atoms with Gasteiger partial charge in [-0.05, 0) is 12.5 Å². The van der Waals surface area contributed by atoms with Crippen molar-refractivity contribution in [2.45, 2.75) is 13.0 Å². The number of ether oxygens (including phenoxy) is 1. The lowest BCUT2D eigenvalue weighted by atomic mass is 10.0. The van der Waals surface area contributed by atoms with Crippen LogP contribution in [0.2, 0.25) is 0 Å². The number of benzene rings is 1. The van der Waals surface area contributed by atoms with E-state index in [-0.39, 0.29) is 11.9 Å². The molecule has 0 spiro atoms. The molecule has 122 valence electrons. The van der Waals surface area contributed by atoms with Crippen molar-refractivity contribution >= 4 is 17.2 Å². The SMILES string of the molecule is Cc1ncsc1C(=O)NCC(c1ccccc1)N1CCOCC1. The summed E-state index contributed by atoms with van der Waals surface area (Å²) in [6, 6.07) is 10.5. The quantitative estimate of drug-likeness (QED) is 0.913. The van der Waals surface area contributed by atoms with Crippen LogP contribution in [0.4, 0.5) is 0 Å². The van der Waals surface area contributed by atoms with E-state index in [1.54, 1.807) is 5.51 Å². The van der Waals surface area contributed by atoms with Gasteiger partial charge in [-0.1, -0.05) is 30.3 Å². The fourth-order valence-electron chi connectivity index (χ4n) is 2.81. The molecule has 1 aliphatic heterocycles.